The molecule has 38 heavy (non-hydrogen) atoms. The number of aliphatic carboxylic acids is 1. The number of hydrogen-bond donors (Lipinski definition) is 1. The highest BCUT2D eigenvalue weighted by molar-refractivity contribution is 5.89. The molecule has 0 spiro atoms. The van der Waals surface area contributed by atoms with E-state index < -0.39 is 35.9 Å². The van der Waals surface area contributed by atoms with E-state index in [1.165, 1.54) is 12.1 Å². The lowest BCUT2D eigenvalue weighted by Crippen LogP contribution is -2.45. The van der Waals surface area contributed by atoms with E-state index in [2.05, 4.69) is 4.90 Å². The molecule has 2 saturated carbocycles. The van der Waals surface area contributed by atoms with Crippen LogP contribution >= 0.6 is 0 Å². The van der Waals surface area contributed by atoms with Crippen molar-refractivity contribution in [1.82, 2.24) is 4.90 Å². The zero-order chi connectivity index (χ0) is 27.2. The first-order chi connectivity index (χ1) is 17.9. The molecule has 2 aromatic rings. The van der Waals surface area contributed by atoms with E-state index in [1.54, 1.807) is 18.2 Å². The van der Waals surface area contributed by atoms with Crippen LogP contribution in [0, 0.1) is 23.7 Å². The molecule has 3 aliphatic rings. The van der Waals surface area contributed by atoms with Gasteiger partial charge in [0, 0.05) is 19.6 Å². The van der Waals surface area contributed by atoms with Gasteiger partial charge in [-0.2, -0.15) is 26.3 Å². The molecular weight excluding hydrogens is 512 g/mol. The number of nitrogens with zero attached hydrogens (tertiary/aromatic N) is 1. The van der Waals surface area contributed by atoms with Gasteiger partial charge in [-0.05, 0) is 85.3 Å². The number of hydrogen-bond acceptors (Lipinski definition) is 3. The minimum Gasteiger partial charge on any atom is -0.490 e. The lowest BCUT2D eigenvalue weighted by Gasteiger charge is -2.43. The Bertz CT molecular complexity index is 1160. The lowest BCUT2D eigenvalue weighted by molar-refractivity contribution is -0.185. The monoisotopic (exact) mass is 543 g/mol. The van der Waals surface area contributed by atoms with Gasteiger partial charge in [0.15, 0.2) is 0 Å². The van der Waals surface area contributed by atoms with Crippen LogP contribution in [-0.2, 0) is 17.5 Å². The fourth-order valence-corrected chi connectivity index (χ4v) is 6.79. The maximum Gasteiger partial charge on any atom is 0.420 e. The lowest BCUT2D eigenvalue weighted by atomic mass is 9.72. The summed E-state index contributed by atoms with van der Waals surface area (Å²) in [4.78, 5) is 13.7. The second kappa shape index (κ2) is 10.2. The van der Waals surface area contributed by atoms with Crippen molar-refractivity contribution in [2.24, 2.45) is 23.7 Å². The van der Waals surface area contributed by atoms with Gasteiger partial charge in [-0.3, -0.25) is 9.69 Å². The normalized spacial score (nSPS) is 28.8. The Kier molecular flexibility index (Phi) is 7.30. The van der Waals surface area contributed by atoms with Crippen molar-refractivity contribution in [2.45, 2.75) is 69.9 Å². The minimum atomic E-state index is -4.69. The zero-order valence-electron chi connectivity index (χ0n) is 20.8. The summed E-state index contributed by atoms with van der Waals surface area (Å²) in [7, 11) is 0. The molecule has 2 atom stereocenters. The highest BCUT2D eigenvalue weighted by Crippen LogP contribution is 2.44. The zero-order valence-corrected chi connectivity index (χ0v) is 20.8. The molecule has 1 aliphatic heterocycles. The van der Waals surface area contributed by atoms with Crippen molar-refractivity contribution in [3.63, 3.8) is 0 Å². The number of fused-ring (bicyclic) bond motifs is 3. The van der Waals surface area contributed by atoms with E-state index >= 15 is 0 Å². The van der Waals surface area contributed by atoms with Crippen molar-refractivity contribution in [3.05, 3.63) is 41.5 Å². The Morgan fingerprint density at radius 3 is 2.16 bits per heavy atom. The average Bonchev–Trinajstić information content (AvgIpc) is 2.82. The van der Waals surface area contributed by atoms with Gasteiger partial charge in [0.1, 0.15) is 11.3 Å². The Morgan fingerprint density at radius 1 is 0.921 bits per heavy atom. The third kappa shape index (κ3) is 5.90. The number of benzene rings is 2. The number of piperidine rings is 1. The Morgan fingerprint density at radius 2 is 1.58 bits per heavy atom. The molecule has 1 N–H and O–H groups in total. The number of carbonyl (C=O) groups is 1. The summed E-state index contributed by atoms with van der Waals surface area (Å²) in [6, 6.07) is 7.73. The van der Waals surface area contributed by atoms with Crippen LogP contribution in [0.5, 0.6) is 5.75 Å². The van der Waals surface area contributed by atoms with Gasteiger partial charge in [-0.15, -0.1) is 0 Å². The Balaban J connectivity index is 1.31. The molecule has 2 aliphatic carbocycles. The summed E-state index contributed by atoms with van der Waals surface area (Å²) in [6.07, 6.45) is -7.51. The van der Waals surface area contributed by atoms with Crippen LogP contribution in [0.3, 0.4) is 0 Å². The summed E-state index contributed by atoms with van der Waals surface area (Å²) < 4.78 is 87.0. The van der Waals surface area contributed by atoms with Gasteiger partial charge >= 0.3 is 18.3 Å². The quantitative estimate of drug-likeness (QED) is 0.403. The molecule has 10 heteroatoms. The van der Waals surface area contributed by atoms with Crippen LogP contribution in [0.1, 0.15) is 56.1 Å². The molecule has 0 amide bonds. The highest BCUT2D eigenvalue weighted by Gasteiger charge is 2.43. The van der Waals surface area contributed by atoms with E-state index in [1.807, 2.05) is 0 Å². The van der Waals surface area contributed by atoms with Gasteiger partial charge in [-0.1, -0.05) is 18.2 Å². The summed E-state index contributed by atoms with van der Waals surface area (Å²) in [5.74, 6) is -2.18. The van der Waals surface area contributed by atoms with Gasteiger partial charge < -0.3 is 9.84 Å². The van der Waals surface area contributed by atoms with E-state index in [-0.39, 0.29) is 42.7 Å². The Hall–Kier alpha value is -2.49. The molecule has 1 saturated heterocycles. The minimum absolute atomic E-state index is 0.00235. The van der Waals surface area contributed by atoms with Crippen molar-refractivity contribution in [1.29, 1.82) is 0 Å². The number of halogens is 6. The molecule has 0 aromatic heterocycles. The molecule has 1 heterocycles. The van der Waals surface area contributed by atoms with Crippen LogP contribution in [0.25, 0.3) is 10.8 Å². The topological polar surface area (TPSA) is 49.8 Å². The first-order valence-electron chi connectivity index (χ1n) is 13.2. The predicted molar refractivity (Wildman–Crippen MR) is 129 cm³/mol. The number of likely N-dealkylation sites (tertiary alicyclic amines) is 1. The molecule has 0 radical (unpaired) electrons. The van der Waals surface area contributed by atoms with E-state index in [4.69, 9.17) is 4.74 Å². The molecule has 208 valence electrons. The maximum atomic E-state index is 14.2. The fourth-order valence-electron chi connectivity index (χ4n) is 6.79. The van der Waals surface area contributed by atoms with Gasteiger partial charge in [0.25, 0.3) is 0 Å². The summed E-state index contributed by atoms with van der Waals surface area (Å²) in [5.41, 5.74) is -0.0220. The van der Waals surface area contributed by atoms with E-state index in [9.17, 15) is 36.2 Å². The van der Waals surface area contributed by atoms with E-state index in [0.717, 1.165) is 25.1 Å². The average molecular weight is 544 g/mol. The van der Waals surface area contributed by atoms with Crippen molar-refractivity contribution < 1.29 is 41.0 Å². The number of carboxylic acid groups (broad SMARTS) is 1. The SMILES string of the molecule is O=C(O)C1CC2CC(C1)CN(Cc1ccc3c(C(F)(F)F)c(OC4CCC(C(F)(F)F)CC4)ccc3c1)C2. The highest BCUT2D eigenvalue weighted by atomic mass is 19.4. The van der Waals surface area contributed by atoms with Gasteiger partial charge in [0.05, 0.1) is 17.9 Å². The molecule has 5 rings (SSSR count). The second-order valence-corrected chi connectivity index (χ2v) is 11.3. The van der Waals surface area contributed by atoms with Crippen molar-refractivity contribution >= 4 is 16.7 Å². The molecule has 2 unspecified atom stereocenters. The molecule has 2 bridgehead atoms. The van der Waals surface area contributed by atoms with Crippen LogP contribution < -0.4 is 4.74 Å². The van der Waals surface area contributed by atoms with Crippen LogP contribution in [0.4, 0.5) is 26.3 Å². The Labute approximate surface area is 216 Å². The second-order valence-electron chi connectivity index (χ2n) is 11.3. The maximum absolute atomic E-state index is 14.2. The fraction of sp³-hybridized carbons (Fsp3) is 0.607. The third-order valence-corrected chi connectivity index (χ3v) is 8.45. The number of alkyl halides is 6. The number of ether oxygens (including phenoxy) is 1. The molecule has 4 nitrogen and oxygen atoms in total. The number of carboxylic acids is 1. The van der Waals surface area contributed by atoms with Crippen LogP contribution in [0.15, 0.2) is 30.3 Å². The first kappa shape index (κ1) is 27.1. The van der Waals surface area contributed by atoms with Crippen LogP contribution in [-0.4, -0.2) is 41.3 Å². The summed E-state index contributed by atoms with van der Waals surface area (Å²) >= 11 is 0. The smallest absolute Gasteiger partial charge is 0.420 e. The largest absolute Gasteiger partial charge is 0.490 e. The molecular formula is C28H31F6NO3. The van der Waals surface area contributed by atoms with Crippen molar-refractivity contribution in [2.75, 3.05) is 13.1 Å². The molecule has 3 fully saturated rings. The van der Waals surface area contributed by atoms with E-state index in [0.29, 0.717) is 36.6 Å². The van der Waals surface area contributed by atoms with Crippen LogP contribution in [0.2, 0.25) is 0 Å². The first-order valence-corrected chi connectivity index (χ1v) is 13.2. The van der Waals surface area contributed by atoms with Gasteiger partial charge in [-0.25, -0.2) is 0 Å². The summed E-state index contributed by atoms with van der Waals surface area (Å²) in [5, 5.41) is 9.81. The van der Waals surface area contributed by atoms with Gasteiger partial charge in [0.2, 0.25) is 0 Å². The predicted octanol–water partition coefficient (Wildman–Crippen LogP) is 7.29. The van der Waals surface area contributed by atoms with Crippen molar-refractivity contribution in [3.8, 4) is 5.75 Å². The third-order valence-electron chi connectivity index (χ3n) is 8.45. The summed E-state index contributed by atoms with van der Waals surface area (Å²) in [6.45, 7) is 2.12. The standard InChI is InChI=1S/C28H31F6NO3/c29-27(30,31)21-3-5-22(6-4-21)38-24-8-2-19-10-16(1-7-23(19)25(24)28(32,33)34)13-35-14-17-9-18(15-35)12-20(11-17)26(36)37/h1-2,7-8,10,17-18,20-22H,3-6,9,11-15H2,(H,36,37). The number of rotatable bonds is 5. The molecule has 2 aromatic carbocycles.